The lowest BCUT2D eigenvalue weighted by atomic mass is 9.76. The minimum Gasteiger partial charge on any atom is -0.120 e. The van der Waals surface area contributed by atoms with Crippen LogP contribution < -0.4 is 0 Å². The quantitative estimate of drug-likeness (QED) is 0.514. The summed E-state index contributed by atoms with van der Waals surface area (Å²) in [4.78, 5) is 0. The Morgan fingerprint density at radius 3 is 2.83 bits per heavy atom. The smallest absolute Gasteiger partial charge is 0.0212 e. The Hall–Kier alpha value is -1.22. The van der Waals surface area contributed by atoms with E-state index in [0.717, 1.165) is 12.0 Å². The summed E-state index contributed by atoms with van der Waals surface area (Å²) in [6.07, 6.45) is 12.3. The minimum absolute atomic E-state index is 0.0515. The van der Waals surface area contributed by atoms with Gasteiger partial charge in [-0.1, -0.05) is 37.3 Å². The van der Waals surface area contributed by atoms with Crippen LogP contribution in [-0.2, 0) is 0 Å². The fraction of sp³-hybridized carbons (Fsp3) is 0.333. The van der Waals surface area contributed by atoms with Crippen molar-refractivity contribution >= 4 is 0 Å². The standard InChI is InChI=1S/C12H14/c1-5-7-12(4)8-6-10(2)9-11(12)3/h1,6,8-9H,2,7H2,3-4H3. The van der Waals surface area contributed by atoms with Crippen LogP contribution in [0.25, 0.3) is 0 Å². The average Bonchev–Trinajstić information content (AvgIpc) is 1.99. The van der Waals surface area contributed by atoms with Crippen molar-refractivity contribution in [2.45, 2.75) is 20.3 Å². The maximum atomic E-state index is 5.31. The van der Waals surface area contributed by atoms with Gasteiger partial charge in [0, 0.05) is 11.8 Å². The van der Waals surface area contributed by atoms with Crippen molar-refractivity contribution in [1.82, 2.24) is 0 Å². The molecule has 0 saturated carbocycles. The molecule has 1 atom stereocenters. The van der Waals surface area contributed by atoms with Crippen LogP contribution in [0.5, 0.6) is 0 Å². The summed E-state index contributed by atoms with van der Waals surface area (Å²) < 4.78 is 0. The molecule has 0 radical (unpaired) electrons. The number of terminal acetylenes is 1. The van der Waals surface area contributed by atoms with Gasteiger partial charge in [-0.05, 0) is 12.5 Å². The van der Waals surface area contributed by atoms with E-state index in [4.69, 9.17) is 6.42 Å². The topological polar surface area (TPSA) is 0 Å². The maximum Gasteiger partial charge on any atom is 0.0212 e. The van der Waals surface area contributed by atoms with Crippen molar-refractivity contribution in [3.05, 3.63) is 36.0 Å². The highest BCUT2D eigenvalue weighted by atomic mass is 14.3. The molecule has 0 nitrogen and oxygen atoms in total. The number of hydrogen-bond donors (Lipinski definition) is 0. The third-order valence-electron chi connectivity index (χ3n) is 2.44. The van der Waals surface area contributed by atoms with Crippen LogP contribution >= 0.6 is 0 Å². The zero-order chi connectivity index (χ0) is 9.19. The Labute approximate surface area is 74.7 Å². The molecule has 1 rings (SSSR count). The molecule has 0 N–H and O–H groups in total. The van der Waals surface area contributed by atoms with Gasteiger partial charge in [-0.3, -0.25) is 0 Å². The molecule has 0 spiro atoms. The summed E-state index contributed by atoms with van der Waals surface area (Å²) in [6, 6.07) is 0. The first-order chi connectivity index (χ1) is 5.58. The van der Waals surface area contributed by atoms with Gasteiger partial charge in [0.25, 0.3) is 0 Å². The van der Waals surface area contributed by atoms with Gasteiger partial charge in [-0.2, -0.15) is 0 Å². The lowest BCUT2D eigenvalue weighted by Gasteiger charge is -2.28. The van der Waals surface area contributed by atoms with Crippen LogP contribution in [0.4, 0.5) is 0 Å². The first-order valence-electron chi connectivity index (χ1n) is 4.09. The molecule has 0 amide bonds. The molecule has 0 aromatic rings. The fourth-order valence-electron chi connectivity index (χ4n) is 1.32. The van der Waals surface area contributed by atoms with Crippen LogP contribution in [-0.4, -0.2) is 0 Å². The third kappa shape index (κ3) is 1.51. The largest absolute Gasteiger partial charge is 0.120 e. The number of hydrogen-bond acceptors (Lipinski definition) is 0. The predicted octanol–water partition coefficient (Wildman–Crippen LogP) is 3.09. The Morgan fingerprint density at radius 1 is 1.67 bits per heavy atom. The Bertz CT molecular complexity index is 296. The van der Waals surface area contributed by atoms with Gasteiger partial charge in [-0.25, -0.2) is 0 Å². The van der Waals surface area contributed by atoms with Crippen LogP contribution in [0.2, 0.25) is 0 Å². The normalized spacial score (nSPS) is 28.1. The van der Waals surface area contributed by atoms with Gasteiger partial charge < -0.3 is 0 Å². The van der Waals surface area contributed by atoms with Crippen LogP contribution in [0.15, 0.2) is 36.0 Å². The molecule has 62 valence electrons. The van der Waals surface area contributed by atoms with Crippen molar-refractivity contribution in [2.75, 3.05) is 0 Å². The van der Waals surface area contributed by atoms with Crippen molar-refractivity contribution < 1.29 is 0 Å². The molecule has 1 aliphatic carbocycles. The first-order valence-corrected chi connectivity index (χ1v) is 4.09. The van der Waals surface area contributed by atoms with Crippen molar-refractivity contribution in [3.8, 4) is 12.3 Å². The molecule has 0 heteroatoms. The minimum atomic E-state index is 0.0515. The summed E-state index contributed by atoms with van der Waals surface area (Å²) in [5.41, 5.74) is 2.41. The molecule has 1 aliphatic rings. The molecule has 0 heterocycles. The SMILES string of the molecule is C#CCC1(C)C=CC(=C)C=C1C. The first kappa shape index (κ1) is 8.87. The van der Waals surface area contributed by atoms with Gasteiger partial charge in [0.15, 0.2) is 0 Å². The van der Waals surface area contributed by atoms with E-state index in [2.05, 4.69) is 38.5 Å². The molecule has 0 aromatic heterocycles. The second-order valence-corrected chi connectivity index (χ2v) is 3.53. The maximum absolute atomic E-state index is 5.31. The van der Waals surface area contributed by atoms with E-state index in [1.54, 1.807) is 0 Å². The Morgan fingerprint density at radius 2 is 2.33 bits per heavy atom. The Kier molecular flexibility index (Phi) is 2.24. The zero-order valence-corrected chi connectivity index (χ0v) is 7.72. The summed E-state index contributed by atoms with van der Waals surface area (Å²) >= 11 is 0. The van der Waals surface area contributed by atoms with Crippen LogP contribution in [0, 0.1) is 17.8 Å². The number of allylic oxidation sites excluding steroid dienone is 5. The van der Waals surface area contributed by atoms with Crippen LogP contribution in [0.3, 0.4) is 0 Å². The zero-order valence-electron chi connectivity index (χ0n) is 7.72. The van der Waals surface area contributed by atoms with E-state index in [0.29, 0.717) is 0 Å². The lowest BCUT2D eigenvalue weighted by molar-refractivity contribution is 0.527. The molecule has 0 fully saturated rings. The van der Waals surface area contributed by atoms with E-state index in [1.807, 2.05) is 6.08 Å². The second-order valence-electron chi connectivity index (χ2n) is 3.53. The highest BCUT2D eigenvalue weighted by Crippen LogP contribution is 2.35. The van der Waals surface area contributed by atoms with E-state index in [-0.39, 0.29) is 5.41 Å². The summed E-state index contributed by atoms with van der Waals surface area (Å²) in [7, 11) is 0. The average molecular weight is 158 g/mol. The van der Waals surface area contributed by atoms with E-state index >= 15 is 0 Å². The molecular weight excluding hydrogens is 144 g/mol. The third-order valence-corrected chi connectivity index (χ3v) is 2.44. The molecule has 0 aliphatic heterocycles. The highest BCUT2D eigenvalue weighted by Gasteiger charge is 2.23. The van der Waals surface area contributed by atoms with Gasteiger partial charge in [0.2, 0.25) is 0 Å². The van der Waals surface area contributed by atoms with E-state index in [9.17, 15) is 0 Å². The summed E-state index contributed by atoms with van der Waals surface area (Å²) in [5, 5.41) is 0. The van der Waals surface area contributed by atoms with E-state index < -0.39 is 0 Å². The molecule has 0 saturated heterocycles. The molecule has 0 bridgehead atoms. The molecular formula is C12H14. The monoisotopic (exact) mass is 158 g/mol. The molecule has 0 aromatic carbocycles. The fourth-order valence-corrected chi connectivity index (χ4v) is 1.32. The molecule has 12 heavy (non-hydrogen) atoms. The van der Waals surface area contributed by atoms with Crippen molar-refractivity contribution in [3.63, 3.8) is 0 Å². The second kappa shape index (κ2) is 3.03. The predicted molar refractivity (Wildman–Crippen MR) is 53.6 cm³/mol. The Balaban J connectivity index is 2.96. The van der Waals surface area contributed by atoms with Crippen LogP contribution in [0.1, 0.15) is 20.3 Å². The lowest BCUT2D eigenvalue weighted by Crippen LogP contribution is -2.16. The molecule has 1 unspecified atom stereocenters. The van der Waals surface area contributed by atoms with E-state index in [1.165, 1.54) is 5.57 Å². The van der Waals surface area contributed by atoms with Gasteiger partial charge in [0.1, 0.15) is 0 Å². The van der Waals surface area contributed by atoms with Gasteiger partial charge >= 0.3 is 0 Å². The van der Waals surface area contributed by atoms with Crippen molar-refractivity contribution in [2.24, 2.45) is 5.41 Å². The van der Waals surface area contributed by atoms with Crippen molar-refractivity contribution in [1.29, 1.82) is 0 Å². The summed E-state index contributed by atoms with van der Waals surface area (Å²) in [5.74, 6) is 2.70. The van der Waals surface area contributed by atoms with Gasteiger partial charge in [-0.15, -0.1) is 12.3 Å². The van der Waals surface area contributed by atoms with Gasteiger partial charge in [0.05, 0.1) is 0 Å². The number of rotatable bonds is 1. The highest BCUT2D eigenvalue weighted by molar-refractivity contribution is 5.41. The summed E-state index contributed by atoms with van der Waals surface area (Å²) in [6.45, 7) is 8.13.